The molecule has 3 N–H and O–H groups in total. The SMILES string of the molecule is Nc1nnc(N2CC(=O)N[C@@H](Cc3ccccc3)C2)s1. The first-order valence-electron chi connectivity index (χ1n) is 6.38. The first-order valence-corrected chi connectivity index (χ1v) is 7.19. The van der Waals surface area contributed by atoms with Crippen molar-refractivity contribution in [3.05, 3.63) is 35.9 Å². The lowest BCUT2D eigenvalue weighted by Crippen LogP contribution is -2.55. The highest BCUT2D eigenvalue weighted by atomic mass is 32.1. The van der Waals surface area contributed by atoms with Gasteiger partial charge in [-0.25, -0.2) is 0 Å². The van der Waals surface area contributed by atoms with E-state index in [1.807, 2.05) is 23.1 Å². The summed E-state index contributed by atoms with van der Waals surface area (Å²) in [5.74, 6) is 0.00551. The number of amides is 1. The number of aromatic nitrogens is 2. The highest BCUT2D eigenvalue weighted by Gasteiger charge is 2.26. The van der Waals surface area contributed by atoms with Crippen LogP contribution in [-0.4, -0.2) is 35.2 Å². The number of rotatable bonds is 3. The topological polar surface area (TPSA) is 84.1 Å². The Labute approximate surface area is 120 Å². The third kappa shape index (κ3) is 2.88. The Hall–Kier alpha value is -2.15. The van der Waals surface area contributed by atoms with Gasteiger partial charge in [0.2, 0.25) is 16.2 Å². The molecule has 2 aromatic rings. The lowest BCUT2D eigenvalue weighted by Gasteiger charge is -2.32. The van der Waals surface area contributed by atoms with Crippen molar-refractivity contribution in [1.29, 1.82) is 0 Å². The highest BCUT2D eigenvalue weighted by Crippen LogP contribution is 2.23. The number of nitrogens with one attached hydrogen (secondary N) is 1. The van der Waals surface area contributed by atoms with Crippen LogP contribution in [0.2, 0.25) is 0 Å². The van der Waals surface area contributed by atoms with Crippen LogP contribution in [0.3, 0.4) is 0 Å². The second-order valence-electron chi connectivity index (χ2n) is 4.76. The normalized spacial score (nSPS) is 18.9. The third-order valence-corrected chi connectivity index (χ3v) is 3.98. The van der Waals surface area contributed by atoms with Crippen LogP contribution in [0.5, 0.6) is 0 Å². The molecule has 1 aromatic carbocycles. The molecule has 6 nitrogen and oxygen atoms in total. The molecule has 1 amide bonds. The van der Waals surface area contributed by atoms with Gasteiger partial charge in [-0.1, -0.05) is 41.7 Å². The van der Waals surface area contributed by atoms with E-state index >= 15 is 0 Å². The minimum Gasteiger partial charge on any atom is -0.374 e. The Morgan fingerprint density at radius 2 is 2.15 bits per heavy atom. The van der Waals surface area contributed by atoms with Crippen LogP contribution < -0.4 is 16.0 Å². The van der Waals surface area contributed by atoms with Gasteiger partial charge in [-0.2, -0.15) is 0 Å². The van der Waals surface area contributed by atoms with Crippen LogP contribution in [0.25, 0.3) is 0 Å². The lowest BCUT2D eigenvalue weighted by molar-refractivity contribution is -0.121. The van der Waals surface area contributed by atoms with Gasteiger partial charge in [-0.3, -0.25) is 4.79 Å². The zero-order valence-corrected chi connectivity index (χ0v) is 11.6. The second kappa shape index (κ2) is 5.46. The average molecular weight is 289 g/mol. The molecule has 1 aromatic heterocycles. The summed E-state index contributed by atoms with van der Waals surface area (Å²) < 4.78 is 0. The Morgan fingerprint density at radius 3 is 2.85 bits per heavy atom. The molecule has 3 rings (SSSR count). The summed E-state index contributed by atoms with van der Waals surface area (Å²) in [6.45, 7) is 1.02. The number of nitrogens with two attached hydrogens (primary N) is 1. The van der Waals surface area contributed by atoms with Crippen LogP contribution in [0, 0.1) is 0 Å². The maximum atomic E-state index is 11.8. The van der Waals surface area contributed by atoms with Gasteiger partial charge >= 0.3 is 0 Å². The van der Waals surface area contributed by atoms with Crippen molar-refractivity contribution in [1.82, 2.24) is 15.5 Å². The van der Waals surface area contributed by atoms with E-state index in [1.54, 1.807) is 0 Å². The zero-order chi connectivity index (χ0) is 13.9. The first-order chi connectivity index (χ1) is 9.70. The number of carbonyl (C=O) groups excluding carboxylic acids is 1. The van der Waals surface area contributed by atoms with Crippen LogP contribution >= 0.6 is 11.3 Å². The van der Waals surface area contributed by atoms with Crippen LogP contribution in [0.15, 0.2) is 30.3 Å². The monoisotopic (exact) mass is 289 g/mol. The van der Waals surface area contributed by atoms with Crippen molar-refractivity contribution >= 4 is 27.5 Å². The van der Waals surface area contributed by atoms with Crippen molar-refractivity contribution in [2.75, 3.05) is 23.7 Å². The van der Waals surface area contributed by atoms with Gasteiger partial charge in [0.25, 0.3) is 0 Å². The van der Waals surface area contributed by atoms with Gasteiger partial charge < -0.3 is 16.0 Å². The Morgan fingerprint density at radius 1 is 1.35 bits per heavy atom. The molecule has 0 aliphatic carbocycles. The van der Waals surface area contributed by atoms with Gasteiger partial charge in [-0.05, 0) is 12.0 Å². The van der Waals surface area contributed by atoms with E-state index in [4.69, 9.17) is 5.73 Å². The molecule has 1 aliphatic rings. The van der Waals surface area contributed by atoms with Gasteiger partial charge in [0.15, 0.2) is 0 Å². The van der Waals surface area contributed by atoms with E-state index in [1.165, 1.54) is 16.9 Å². The Balaban J connectivity index is 1.72. The molecule has 1 saturated heterocycles. The third-order valence-electron chi connectivity index (χ3n) is 3.17. The summed E-state index contributed by atoms with van der Waals surface area (Å²) in [5, 5.41) is 11.9. The van der Waals surface area contributed by atoms with Crippen molar-refractivity contribution in [2.24, 2.45) is 0 Å². The van der Waals surface area contributed by atoms with E-state index in [-0.39, 0.29) is 11.9 Å². The molecular weight excluding hydrogens is 274 g/mol. The van der Waals surface area contributed by atoms with E-state index in [9.17, 15) is 4.79 Å². The Kier molecular flexibility index (Phi) is 3.51. The minimum absolute atomic E-state index is 0.00551. The number of carbonyl (C=O) groups is 1. The van der Waals surface area contributed by atoms with Crippen molar-refractivity contribution < 1.29 is 4.79 Å². The fourth-order valence-electron chi connectivity index (χ4n) is 2.34. The predicted octanol–water partition coefficient (Wildman–Crippen LogP) is 0.668. The van der Waals surface area contributed by atoms with Crippen LogP contribution in [0.1, 0.15) is 5.56 Å². The molecule has 1 fully saturated rings. The molecule has 0 radical (unpaired) electrons. The summed E-state index contributed by atoms with van der Waals surface area (Å²) >= 11 is 1.31. The maximum absolute atomic E-state index is 11.8. The van der Waals surface area contributed by atoms with Crippen molar-refractivity contribution in [2.45, 2.75) is 12.5 Å². The quantitative estimate of drug-likeness (QED) is 0.867. The zero-order valence-electron chi connectivity index (χ0n) is 10.8. The molecular formula is C13H15N5OS. The lowest BCUT2D eigenvalue weighted by atomic mass is 10.0. The highest BCUT2D eigenvalue weighted by molar-refractivity contribution is 7.18. The molecule has 0 unspecified atom stereocenters. The van der Waals surface area contributed by atoms with Crippen molar-refractivity contribution in [3.63, 3.8) is 0 Å². The van der Waals surface area contributed by atoms with Gasteiger partial charge in [-0.15, -0.1) is 10.2 Å². The van der Waals surface area contributed by atoms with E-state index < -0.39 is 0 Å². The average Bonchev–Trinajstić information content (AvgIpc) is 2.86. The van der Waals surface area contributed by atoms with Crippen LogP contribution in [0.4, 0.5) is 10.3 Å². The molecule has 1 atom stereocenters. The minimum atomic E-state index is 0.00551. The number of nitrogens with zero attached hydrogens (tertiary/aromatic N) is 3. The van der Waals surface area contributed by atoms with Gasteiger partial charge in [0.1, 0.15) is 0 Å². The molecule has 2 heterocycles. The Bertz CT molecular complexity index is 600. The number of nitrogen functional groups attached to an aromatic ring is 1. The largest absolute Gasteiger partial charge is 0.374 e. The molecule has 7 heteroatoms. The second-order valence-corrected chi connectivity index (χ2v) is 5.75. The summed E-state index contributed by atoms with van der Waals surface area (Å²) in [6, 6.07) is 10.2. The maximum Gasteiger partial charge on any atom is 0.239 e. The number of hydrogen-bond donors (Lipinski definition) is 2. The number of piperazine rings is 1. The molecule has 0 spiro atoms. The number of hydrogen-bond acceptors (Lipinski definition) is 6. The van der Waals surface area contributed by atoms with Gasteiger partial charge in [0.05, 0.1) is 12.6 Å². The molecule has 104 valence electrons. The summed E-state index contributed by atoms with van der Waals surface area (Å²) in [7, 11) is 0. The van der Waals surface area contributed by atoms with E-state index in [0.717, 1.165) is 13.0 Å². The first kappa shape index (κ1) is 12.9. The fraction of sp³-hybridized carbons (Fsp3) is 0.308. The van der Waals surface area contributed by atoms with Crippen LogP contribution in [-0.2, 0) is 11.2 Å². The van der Waals surface area contributed by atoms with Gasteiger partial charge in [0, 0.05) is 6.54 Å². The molecule has 1 aliphatic heterocycles. The smallest absolute Gasteiger partial charge is 0.239 e. The van der Waals surface area contributed by atoms with E-state index in [0.29, 0.717) is 16.8 Å². The number of benzene rings is 1. The van der Waals surface area contributed by atoms with E-state index in [2.05, 4.69) is 27.6 Å². The predicted molar refractivity (Wildman–Crippen MR) is 78.6 cm³/mol. The number of anilines is 2. The standard InChI is InChI=1S/C13H15N5OS/c14-12-16-17-13(20-12)18-7-10(15-11(19)8-18)6-9-4-2-1-3-5-9/h1-5,10H,6-8H2,(H2,14,16)(H,15,19)/t10-/m0/s1. The fourth-order valence-corrected chi connectivity index (χ4v) is 2.96. The summed E-state index contributed by atoms with van der Waals surface area (Å²) in [4.78, 5) is 13.8. The molecule has 20 heavy (non-hydrogen) atoms. The molecule has 0 saturated carbocycles. The van der Waals surface area contributed by atoms with Crippen molar-refractivity contribution in [3.8, 4) is 0 Å². The molecule has 0 bridgehead atoms. The summed E-state index contributed by atoms with van der Waals surface area (Å²) in [5.41, 5.74) is 6.80. The summed E-state index contributed by atoms with van der Waals surface area (Å²) in [6.07, 6.45) is 0.803.